The lowest BCUT2D eigenvalue weighted by Crippen LogP contribution is -2.33. The van der Waals surface area contributed by atoms with Crippen LogP contribution < -0.4 is 5.32 Å². The van der Waals surface area contributed by atoms with Crippen molar-refractivity contribution in [2.45, 2.75) is 22.6 Å². The minimum atomic E-state index is -3.74. The number of halogens is 1. The van der Waals surface area contributed by atoms with E-state index in [1.807, 2.05) is 24.3 Å². The summed E-state index contributed by atoms with van der Waals surface area (Å²) >= 11 is 0. The van der Waals surface area contributed by atoms with Gasteiger partial charge in [0, 0.05) is 6.04 Å². The topological polar surface area (TPSA) is 46.2 Å². The monoisotopic (exact) mass is 305 g/mol. The van der Waals surface area contributed by atoms with Crippen LogP contribution in [-0.4, -0.2) is 20.7 Å². The van der Waals surface area contributed by atoms with E-state index in [0.717, 1.165) is 11.1 Å². The molecule has 0 saturated heterocycles. The summed E-state index contributed by atoms with van der Waals surface area (Å²) in [6.07, 6.45) is 0.401. The van der Waals surface area contributed by atoms with Crippen LogP contribution in [0.2, 0.25) is 0 Å². The van der Waals surface area contributed by atoms with Crippen molar-refractivity contribution in [1.29, 1.82) is 0 Å². The second-order valence-electron chi connectivity index (χ2n) is 5.18. The standard InChI is InChI=1S/C16H16FNO2S/c1-18-16-12-7-3-2-6-11(12)10-15(16)21(19,20)14-9-5-4-8-13(14)17/h2-9,15-16,18H,10H2,1H3. The van der Waals surface area contributed by atoms with Gasteiger partial charge < -0.3 is 5.32 Å². The molecule has 21 heavy (non-hydrogen) atoms. The van der Waals surface area contributed by atoms with E-state index in [4.69, 9.17) is 0 Å². The number of nitrogens with one attached hydrogen (secondary N) is 1. The van der Waals surface area contributed by atoms with E-state index in [0.29, 0.717) is 6.42 Å². The van der Waals surface area contributed by atoms with Crippen molar-refractivity contribution in [3.8, 4) is 0 Å². The molecule has 3 nitrogen and oxygen atoms in total. The maximum absolute atomic E-state index is 13.9. The molecule has 0 aliphatic heterocycles. The number of rotatable bonds is 3. The van der Waals surface area contributed by atoms with Crippen molar-refractivity contribution >= 4 is 9.84 Å². The fraction of sp³-hybridized carbons (Fsp3) is 0.250. The fourth-order valence-corrected chi connectivity index (χ4v) is 5.00. The SMILES string of the molecule is CNC1c2ccccc2CC1S(=O)(=O)c1ccccc1F. The number of hydrogen-bond acceptors (Lipinski definition) is 3. The van der Waals surface area contributed by atoms with Crippen LogP contribution in [-0.2, 0) is 16.3 Å². The first kappa shape index (κ1) is 14.2. The van der Waals surface area contributed by atoms with Crippen molar-refractivity contribution in [3.63, 3.8) is 0 Å². The predicted molar refractivity (Wildman–Crippen MR) is 79.3 cm³/mol. The van der Waals surface area contributed by atoms with Gasteiger partial charge in [-0.3, -0.25) is 0 Å². The molecule has 0 heterocycles. The van der Waals surface area contributed by atoms with Gasteiger partial charge in [-0.1, -0.05) is 36.4 Å². The molecule has 2 atom stereocenters. The molecule has 2 unspecified atom stereocenters. The van der Waals surface area contributed by atoms with Gasteiger partial charge >= 0.3 is 0 Å². The molecule has 0 aromatic heterocycles. The minimum absolute atomic E-state index is 0.219. The predicted octanol–water partition coefficient (Wildman–Crippen LogP) is 2.48. The van der Waals surface area contributed by atoms with Gasteiger partial charge in [-0.15, -0.1) is 0 Å². The minimum Gasteiger partial charge on any atom is -0.312 e. The Morgan fingerprint density at radius 1 is 1.10 bits per heavy atom. The summed E-state index contributed by atoms with van der Waals surface area (Å²) in [6, 6.07) is 12.9. The van der Waals surface area contributed by atoms with Crippen LogP contribution in [0.1, 0.15) is 17.2 Å². The average molecular weight is 305 g/mol. The number of benzene rings is 2. The Hall–Kier alpha value is -1.72. The van der Waals surface area contributed by atoms with Crippen LogP contribution in [0.15, 0.2) is 53.4 Å². The van der Waals surface area contributed by atoms with Gasteiger partial charge in [0.2, 0.25) is 0 Å². The second kappa shape index (κ2) is 5.24. The highest BCUT2D eigenvalue weighted by molar-refractivity contribution is 7.92. The van der Waals surface area contributed by atoms with Crippen LogP contribution in [0.5, 0.6) is 0 Å². The summed E-state index contributed by atoms with van der Waals surface area (Å²) in [5.41, 5.74) is 1.98. The Bertz CT molecular complexity index is 773. The largest absolute Gasteiger partial charge is 0.312 e. The Morgan fingerprint density at radius 2 is 1.76 bits per heavy atom. The van der Waals surface area contributed by atoms with Crippen molar-refractivity contribution in [1.82, 2.24) is 5.32 Å². The molecule has 2 aromatic carbocycles. The zero-order chi connectivity index (χ0) is 15.0. The highest BCUT2D eigenvalue weighted by Crippen LogP contribution is 2.38. The Kier molecular flexibility index (Phi) is 3.55. The van der Waals surface area contributed by atoms with Crippen molar-refractivity contribution < 1.29 is 12.8 Å². The highest BCUT2D eigenvalue weighted by atomic mass is 32.2. The average Bonchev–Trinajstić information content (AvgIpc) is 2.87. The molecule has 1 aliphatic rings. The lowest BCUT2D eigenvalue weighted by Gasteiger charge is -2.20. The lowest BCUT2D eigenvalue weighted by atomic mass is 10.1. The molecule has 0 amide bonds. The molecule has 0 bridgehead atoms. The first-order valence-corrected chi connectivity index (χ1v) is 8.34. The van der Waals surface area contributed by atoms with Crippen LogP contribution in [0.4, 0.5) is 4.39 Å². The molecule has 3 rings (SSSR count). The Balaban J connectivity index is 2.08. The third-order valence-corrected chi connectivity index (χ3v) is 6.22. The second-order valence-corrected chi connectivity index (χ2v) is 7.32. The third-order valence-electron chi connectivity index (χ3n) is 4.04. The van der Waals surface area contributed by atoms with Crippen molar-refractivity contribution in [3.05, 3.63) is 65.5 Å². The van der Waals surface area contributed by atoms with Crippen molar-refractivity contribution in [2.24, 2.45) is 0 Å². The quantitative estimate of drug-likeness (QED) is 0.947. The molecular formula is C16H16FNO2S. The van der Waals surface area contributed by atoms with Gasteiger partial charge in [0.15, 0.2) is 9.84 Å². The zero-order valence-corrected chi connectivity index (χ0v) is 12.4. The highest BCUT2D eigenvalue weighted by Gasteiger charge is 2.41. The molecule has 1 aliphatic carbocycles. The van der Waals surface area contributed by atoms with E-state index < -0.39 is 20.9 Å². The van der Waals surface area contributed by atoms with Gasteiger partial charge in [0.05, 0.1) is 5.25 Å². The van der Waals surface area contributed by atoms with Crippen LogP contribution >= 0.6 is 0 Å². The molecular weight excluding hydrogens is 289 g/mol. The molecule has 0 fully saturated rings. The molecule has 0 radical (unpaired) electrons. The van der Waals surface area contributed by atoms with Gasteiger partial charge in [-0.2, -0.15) is 0 Å². The zero-order valence-electron chi connectivity index (χ0n) is 11.6. The summed E-state index contributed by atoms with van der Waals surface area (Å²) in [5, 5.41) is 2.38. The third kappa shape index (κ3) is 2.26. The smallest absolute Gasteiger partial charge is 0.186 e. The number of sulfone groups is 1. The number of fused-ring (bicyclic) bond motifs is 1. The summed E-state index contributed by atoms with van der Waals surface area (Å²) in [4.78, 5) is -0.219. The normalized spacial score (nSPS) is 21.2. The van der Waals surface area contributed by atoms with E-state index in [1.54, 1.807) is 13.1 Å². The first-order chi connectivity index (χ1) is 10.1. The molecule has 5 heteroatoms. The summed E-state index contributed by atoms with van der Waals surface area (Å²) < 4.78 is 39.5. The fourth-order valence-electron chi connectivity index (χ4n) is 3.03. The first-order valence-electron chi connectivity index (χ1n) is 6.79. The molecule has 2 aromatic rings. The maximum Gasteiger partial charge on any atom is 0.186 e. The van der Waals surface area contributed by atoms with Crippen molar-refractivity contribution in [2.75, 3.05) is 7.05 Å². The number of hydrogen-bond donors (Lipinski definition) is 1. The molecule has 0 spiro atoms. The van der Waals surface area contributed by atoms with Crippen LogP contribution in [0.25, 0.3) is 0 Å². The maximum atomic E-state index is 13.9. The molecule has 0 saturated carbocycles. The molecule has 110 valence electrons. The van der Waals surface area contributed by atoms with E-state index in [9.17, 15) is 12.8 Å². The summed E-state index contributed by atoms with van der Waals surface area (Å²) in [5.74, 6) is -0.691. The summed E-state index contributed by atoms with van der Waals surface area (Å²) in [7, 11) is -2.00. The van der Waals surface area contributed by atoms with Crippen LogP contribution in [0.3, 0.4) is 0 Å². The lowest BCUT2D eigenvalue weighted by molar-refractivity contribution is 0.525. The van der Waals surface area contributed by atoms with E-state index in [1.165, 1.54) is 18.2 Å². The van der Waals surface area contributed by atoms with Gasteiger partial charge in [0.25, 0.3) is 0 Å². The van der Waals surface area contributed by atoms with E-state index in [2.05, 4.69) is 5.32 Å². The Morgan fingerprint density at radius 3 is 2.48 bits per heavy atom. The Labute approximate surface area is 123 Å². The summed E-state index contributed by atoms with van der Waals surface area (Å²) in [6.45, 7) is 0. The van der Waals surface area contributed by atoms with Gasteiger partial charge in [-0.05, 0) is 36.7 Å². The van der Waals surface area contributed by atoms with E-state index in [-0.39, 0.29) is 10.9 Å². The van der Waals surface area contributed by atoms with Gasteiger partial charge in [0.1, 0.15) is 10.7 Å². The van der Waals surface area contributed by atoms with E-state index >= 15 is 0 Å². The van der Waals surface area contributed by atoms with Crippen LogP contribution in [0, 0.1) is 5.82 Å². The molecule has 1 N–H and O–H groups in total. The van der Waals surface area contributed by atoms with Gasteiger partial charge in [-0.25, -0.2) is 12.8 Å².